The second-order valence-electron chi connectivity index (χ2n) is 5.24. The highest BCUT2D eigenvalue weighted by Crippen LogP contribution is 2.35. The van der Waals surface area contributed by atoms with Crippen molar-refractivity contribution in [2.75, 3.05) is 6.61 Å². The van der Waals surface area contributed by atoms with Crippen molar-refractivity contribution in [1.29, 1.82) is 5.26 Å². The van der Waals surface area contributed by atoms with Gasteiger partial charge < -0.3 is 4.74 Å². The van der Waals surface area contributed by atoms with Crippen LogP contribution in [0.1, 0.15) is 32.3 Å². The zero-order valence-corrected chi connectivity index (χ0v) is 12.4. The Labute approximate surface area is 125 Å². The third-order valence-electron chi connectivity index (χ3n) is 3.85. The first-order chi connectivity index (χ1) is 10.1. The van der Waals surface area contributed by atoms with E-state index in [-0.39, 0.29) is 5.97 Å². The summed E-state index contributed by atoms with van der Waals surface area (Å²) in [6, 6.07) is 16.0. The molecule has 0 fully saturated rings. The predicted molar refractivity (Wildman–Crippen MR) is 82.8 cm³/mol. The van der Waals surface area contributed by atoms with Crippen molar-refractivity contribution in [1.82, 2.24) is 0 Å². The summed E-state index contributed by atoms with van der Waals surface area (Å²) in [6.07, 6.45) is 0.773. The molecule has 0 aliphatic rings. The Morgan fingerprint density at radius 3 is 2.67 bits per heavy atom. The first-order valence-electron chi connectivity index (χ1n) is 7.16. The maximum Gasteiger partial charge on any atom is 0.316 e. The fraction of sp³-hybridized carbons (Fsp3) is 0.333. The van der Waals surface area contributed by atoms with E-state index >= 15 is 0 Å². The summed E-state index contributed by atoms with van der Waals surface area (Å²) in [7, 11) is 0. The van der Waals surface area contributed by atoms with E-state index in [0.717, 1.165) is 16.3 Å². The first-order valence-corrected chi connectivity index (χ1v) is 7.16. The van der Waals surface area contributed by atoms with Crippen molar-refractivity contribution >= 4 is 16.7 Å². The van der Waals surface area contributed by atoms with Crippen LogP contribution in [-0.2, 0) is 14.9 Å². The number of esters is 1. The minimum absolute atomic E-state index is 0.267. The number of nitrogens with zero attached hydrogens (tertiary/aromatic N) is 1. The molecular weight excluding hydrogens is 262 g/mol. The third-order valence-corrected chi connectivity index (χ3v) is 3.85. The van der Waals surface area contributed by atoms with Crippen LogP contribution in [0.15, 0.2) is 42.5 Å². The predicted octanol–water partition coefficient (Wildman–Crippen LogP) is 3.96. The maximum absolute atomic E-state index is 12.5. The fourth-order valence-electron chi connectivity index (χ4n) is 2.65. The van der Waals surface area contributed by atoms with Gasteiger partial charge in [0.2, 0.25) is 0 Å². The molecule has 2 aromatic carbocycles. The summed E-state index contributed by atoms with van der Waals surface area (Å²) in [5.41, 5.74) is 0.126. The molecule has 0 amide bonds. The Hall–Kier alpha value is -2.34. The van der Waals surface area contributed by atoms with Crippen molar-refractivity contribution in [3.05, 3.63) is 48.0 Å². The van der Waals surface area contributed by atoms with Gasteiger partial charge in [0.1, 0.15) is 0 Å². The van der Waals surface area contributed by atoms with Crippen molar-refractivity contribution in [3.63, 3.8) is 0 Å². The van der Waals surface area contributed by atoms with Crippen LogP contribution in [0, 0.1) is 11.3 Å². The number of carbonyl (C=O) groups is 1. The summed E-state index contributed by atoms with van der Waals surface area (Å²) in [6.45, 7) is 4.00. The summed E-state index contributed by atoms with van der Waals surface area (Å²) in [5, 5.41) is 11.0. The van der Waals surface area contributed by atoms with Gasteiger partial charge in [0, 0.05) is 6.42 Å². The van der Waals surface area contributed by atoms with Crippen LogP contribution in [0.3, 0.4) is 0 Å². The van der Waals surface area contributed by atoms with Crippen molar-refractivity contribution in [2.24, 2.45) is 0 Å². The Morgan fingerprint density at radius 1 is 1.24 bits per heavy atom. The fourth-order valence-corrected chi connectivity index (χ4v) is 2.65. The number of hydrogen-bond acceptors (Lipinski definition) is 3. The molecule has 3 nitrogen and oxygen atoms in total. The molecule has 0 heterocycles. The van der Waals surface area contributed by atoms with Gasteiger partial charge in [-0.2, -0.15) is 5.26 Å². The standard InChI is InChI=1S/C18H19NO2/c1-3-21-17(20)18(2,12-7-13-19)16-11-6-9-14-8-4-5-10-15(14)16/h4-6,8-11H,3,7,12H2,1-2H3. The number of carbonyl (C=O) groups excluding carboxylic acids is 1. The lowest BCUT2D eigenvalue weighted by atomic mass is 9.76. The lowest BCUT2D eigenvalue weighted by Crippen LogP contribution is -2.34. The van der Waals surface area contributed by atoms with Crippen LogP contribution < -0.4 is 0 Å². The van der Waals surface area contributed by atoms with Gasteiger partial charge in [-0.05, 0) is 36.6 Å². The normalized spacial score (nSPS) is 13.4. The van der Waals surface area contributed by atoms with Gasteiger partial charge in [-0.25, -0.2) is 0 Å². The monoisotopic (exact) mass is 281 g/mol. The largest absolute Gasteiger partial charge is 0.465 e. The topological polar surface area (TPSA) is 50.1 Å². The molecule has 0 aromatic heterocycles. The zero-order chi connectivity index (χ0) is 15.3. The molecular formula is C18H19NO2. The summed E-state index contributed by atoms with van der Waals surface area (Å²) < 4.78 is 5.26. The molecule has 0 aliphatic carbocycles. The Bertz CT molecular complexity index is 682. The average molecular weight is 281 g/mol. The van der Waals surface area contributed by atoms with Gasteiger partial charge in [0.15, 0.2) is 0 Å². The zero-order valence-electron chi connectivity index (χ0n) is 12.4. The van der Waals surface area contributed by atoms with Gasteiger partial charge in [-0.1, -0.05) is 42.5 Å². The van der Waals surface area contributed by atoms with E-state index in [4.69, 9.17) is 10.00 Å². The van der Waals surface area contributed by atoms with E-state index in [2.05, 4.69) is 6.07 Å². The molecule has 2 aromatic rings. The molecule has 0 saturated heterocycles. The van der Waals surface area contributed by atoms with Crippen LogP contribution in [-0.4, -0.2) is 12.6 Å². The SMILES string of the molecule is CCOC(=O)C(C)(CCC#N)c1cccc2ccccc12. The molecule has 108 valence electrons. The number of rotatable bonds is 5. The van der Waals surface area contributed by atoms with Gasteiger partial charge in [-0.15, -0.1) is 0 Å². The Morgan fingerprint density at radius 2 is 1.95 bits per heavy atom. The first kappa shape index (κ1) is 15.1. The lowest BCUT2D eigenvalue weighted by Gasteiger charge is -2.28. The minimum Gasteiger partial charge on any atom is -0.465 e. The molecule has 0 radical (unpaired) electrons. The quantitative estimate of drug-likeness (QED) is 0.779. The minimum atomic E-state index is -0.799. The van der Waals surface area contributed by atoms with Gasteiger partial charge in [0.05, 0.1) is 18.1 Å². The molecule has 0 aliphatic heterocycles. The Balaban J connectivity index is 2.58. The second-order valence-corrected chi connectivity index (χ2v) is 5.24. The average Bonchev–Trinajstić information content (AvgIpc) is 2.52. The van der Waals surface area contributed by atoms with Crippen LogP contribution >= 0.6 is 0 Å². The molecule has 1 unspecified atom stereocenters. The van der Waals surface area contributed by atoms with Crippen LogP contribution in [0.4, 0.5) is 0 Å². The van der Waals surface area contributed by atoms with E-state index in [1.807, 2.05) is 49.4 Å². The maximum atomic E-state index is 12.5. The third kappa shape index (κ3) is 2.90. The number of hydrogen-bond donors (Lipinski definition) is 0. The second kappa shape index (κ2) is 6.41. The smallest absolute Gasteiger partial charge is 0.316 e. The van der Waals surface area contributed by atoms with Crippen molar-refractivity contribution < 1.29 is 9.53 Å². The van der Waals surface area contributed by atoms with Crippen LogP contribution in [0.5, 0.6) is 0 Å². The molecule has 0 saturated carbocycles. The number of benzene rings is 2. The van der Waals surface area contributed by atoms with Crippen LogP contribution in [0.25, 0.3) is 10.8 Å². The van der Waals surface area contributed by atoms with E-state index in [1.165, 1.54) is 0 Å². The summed E-state index contributed by atoms with van der Waals surface area (Å²) >= 11 is 0. The van der Waals surface area contributed by atoms with Gasteiger partial charge >= 0.3 is 5.97 Å². The van der Waals surface area contributed by atoms with Crippen molar-refractivity contribution in [2.45, 2.75) is 32.1 Å². The lowest BCUT2D eigenvalue weighted by molar-refractivity contribution is -0.149. The molecule has 1 atom stereocenters. The molecule has 3 heteroatoms. The van der Waals surface area contributed by atoms with Crippen molar-refractivity contribution in [3.8, 4) is 6.07 Å². The van der Waals surface area contributed by atoms with Gasteiger partial charge in [-0.3, -0.25) is 4.79 Å². The van der Waals surface area contributed by atoms with E-state index < -0.39 is 5.41 Å². The Kier molecular flexibility index (Phi) is 4.59. The highest BCUT2D eigenvalue weighted by molar-refractivity contribution is 5.93. The molecule has 0 N–H and O–H groups in total. The molecule has 2 rings (SSSR count). The molecule has 0 spiro atoms. The molecule has 21 heavy (non-hydrogen) atoms. The van der Waals surface area contributed by atoms with E-state index in [0.29, 0.717) is 19.4 Å². The molecule has 0 bridgehead atoms. The van der Waals surface area contributed by atoms with E-state index in [1.54, 1.807) is 6.92 Å². The number of fused-ring (bicyclic) bond motifs is 1. The summed E-state index contributed by atoms with van der Waals surface area (Å²) in [4.78, 5) is 12.5. The number of nitriles is 1. The van der Waals surface area contributed by atoms with Crippen LogP contribution in [0.2, 0.25) is 0 Å². The van der Waals surface area contributed by atoms with Gasteiger partial charge in [0.25, 0.3) is 0 Å². The highest BCUT2D eigenvalue weighted by Gasteiger charge is 2.37. The van der Waals surface area contributed by atoms with E-state index in [9.17, 15) is 4.79 Å². The highest BCUT2D eigenvalue weighted by atomic mass is 16.5. The number of ether oxygens (including phenoxy) is 1. The summed E-state index contributed by atoms with van der Waals surface area (Å²) in [5.74, 6) is -0.267.